The molecule has 1 aliphatic carbocycles. The number of azo groups is 1. The number of Topliss-reactive ketones (excluding diaryl/α,β-unsaturated/α-hetero) is 1. The van der Waals surface area contributed by atoms with Crippen molar-refractivity contribution in [1.29, 1.82) is 0 Å². The van der Waals surface area contributed by atoms with Gasteiger partial charge in [0.2, 0.25) is 5.72 Å². The maximum atomic E-state index is 12.1. The van der Waals surface area contributed by atoms with E-state index in [0.29, 0.717) is 6.42 Å². The largest absolute Gasteiger partial charge is 0.340 e. The van der Waals surface area contributed by atoms with Crippen molar-refractivity contribution in [2.24, 2.45) is 15.6 Å². The van der Waals surface area contributed by atoms with Crippen LogP contribution in [0.25, 0.3) is 0 Å². The minimum absolute atomic E-state index is 0.0233. The second-order valence-electron chi connectivity index (χ2n) is 6.33. The van der Waals surface area contributed by atoms with E-state index in [1.807, 2.05) is 75.4 Å². The standard InChI is InChI=1S/C18H22N2O2/c1-17(2,3)16(21)14-22-18(12-8-5-9-13-18)20-19-15-10-6-4-7-11-15/h4-12H,13-14H2,1-3H3. The Bertz CT molecular complexity index is 597. The second kappa shape index (κ2) is 6.79. The fraction of sp³-hybridized carbons (Fsp3) is 0.389. The summed E-state index contributed by atoms with van der Waals surface area (Å²) in [6.45, 7) is 5.67. The van der Waals surface area contributed by atoms with Gasteiger partial charge < -0.3 is 4.74 Å². The molecule has 0 aromatic heterocycles. The lowest BCUT2D eigenvalue weighted by Gasteiger charge is -2.27. The van der Waals surface area contributed by atoms with Crippen LogP contribution >= 0.6 is 0 Å². The molecule has 0 saturated heterocycles. The summed E-state index contributed by atoms with van der Waals surface area (Å²) in [5, 5.41) is 8.60. The lowest BCUT2D eigenvalue weighted by atomic mass is 9.91. The Kier molecular flexibility index (Phi) is 5.03. The molecule has 0 heterocycles. The van der Waals surface area contributed by atoms with E-state index in [2.05, 4.69) is 10.2 Å². The lowest BCUT2D eigenvalue weighted by molar-refractivity contribution is -0.135. The van der Waals surface area contributed by atoms with Crippen LogP contribution in [0.5, 0.6) is 0 Å². The summed E-state index contributed by atoms with van der Waals surface area (Å²) in [5.74, 6) is 0.0461. The predicted octanol–water partition coefficient (Wildman–Crippen LogP) is 4.61. The van der Waals surface area contributed by atoms with E-state index in [4.69, 9.17) is 4.74 Å². The Morgan fingerprint density at radius 3 is 2.55 bits per heavy atom. The molecule has 0 saturated carbocycles. The van der Waals surface area contributed by atoms with Gasteiger partial charge in [0, 0.05) is 11.8 Å². The fourth-order valence-electron chi connectivity index (χ4n) is 1.84. The zero-order chi connectivity index (χ0) is 16.1. The van der Waals surface area contributed by atoms with E-state index in [1.165, 1.54) is 0 Å². The van der Waals surface area contributed by atoms with E-state index in [1.54, 1.807) is 0 Å². The number of nitrogens with zero attached hydrogens (tertiary/aromatic N) is 2. The molecule has 0 bridgehead atoms. The van der Waals surface area contributed by atoms with Gasteiger partial charge >= 0.3 is 0 Å². The highest BCUT2D eigenvalue weighted by atomic mass is 16.5. The van der Waals surface area contributed by atoms with Gasteiger partial charge in [-0.15, -0.1) is 5.11 Å². The van der Waals surface area contributed by atoms with Gasteiger partial charge in [-0.05, 0) is 18.2 Å². The van der Waals surface area contributed by atoms with Crippen LogP contribution in [-0.4, -0.2) is 18.1 Å². The Balaban J connectivity index is 2.12. The topological polar surface area (TPSA) is 51.0 Å². The van der Waals surface area contributed by atoms with Crippen LogP contribution in [0, 0.1) is 5.41 Å². The molecule has 4 heteroatoms. The molecule has 0 amide bonds. The molecule has 1 atom stereocenters. The third-order valence-electron chi connectivity index (χ3n) is 3.39. The van der Waals surface area contributed by atoms with Gasteiger partial charge in [-0.25, -0.2) is 0 Å². The van der Waals surface area contributed by atoms with E-state index in [9.17, 15) is 4.79 Å². The molecule has 2 rings (SSSR count). The zero-order valence-corrected chi connectivity index (χ0v) is 13.3. The highest BCUT2D eigenvalue weighted by Crippen LogP contribution is 2.27. The average molecular weight is 298 g/mol. The third kappa shape index (κ3) is 4.46. The zero-order valence-electron chi connectivity index (χ0n) is 13.3. The van der Waals surface area contributed by atoms with Gasteiger partial charge in [0.1, 0.15) is 6.61 Å². The Hall–Kier alpha value is -2.07. The molecule has 0 fully saturated rings. The number of hydrogen-bond donors (Lipinski definition) is 0. The van der Waals surface area contributed by atoms with Crippen molar-refractivity contribution in [2.75, 3.05) is 6.61 Å². The smallest absolute Gasteiger partial charge is 0.202 e. The quantitative estimate of drug-likeness (QED) is 0.745. The maximum Gasteiger partial charge on any atom is 0.202 e. The first-order valence-corrected chi connectivity index (χ1v) is 7.41. The summed E-state index contributed by atoms with van der Waals surface area (Å²) in [7, 11) is 0. The molecule has 0 radical (unpaired) electrons. The molecule has 0 aliphatic heterocycles. The monoisotopic (exact) mass is 298 g/mol. The van der Waals surface area contributed by atoms with Gasteiger partial charge in [-0.2, -0.15) is 5.11 Å². The van der Waals surface area contributed by atoms with Gasteiger partial charge in [0.15, 0.2) is 5.78 Å². The minimum atomic E-state index is -0.897. The number of carbonyl (C=O) groups is 1. The first-order chi connectivity index (χ1) is 10.4. The van der Waals surface area contributed by atoms with Crippen LogP contribution in [0.4, 0.5) is 5.69 Å². The molecule has 116 valence electrons. The van der Waals surface area contributed by atoms with Crippen molar-refractivity contribution >= 4 is 11.5 Å². The summed E-state index contributed by atoms with van der Waals surface area (Å²) >= 11 is 0. The van der Waals surface area contributed by atoms with Gasteiger partial charge in [-0.1, -0.05) is 57.2 Å². The molecular formula is C18H22N2O2. The van der Waals surface area contributed by atoms with Gasteiger partial charge in [-0.3, -0.25) is 4.79 Å². The molecule has 1 aliphatic rings. The number of ketones is 1. The van der Waals surface area contributed by atoms with Crippen molar-refractivity contribution < 1.29 is 9.53 Å². The van der Waals surface area contributed by atoms with Crippen LogP contribution in [0.15, 0.2) is 64.9 Å². The third-order valence-corrected chi connectivity index (χ3v) is 3.39. The van der Waals surface area contributed by atoms with E-state index < -0.39 is 11.1 Å². The highest BCUT2D eigenvalue weighted by molar-refractivity contribution is 5.84. The van der Waals surface area contributed by atoms with Crippen LogP contribution in [-0.2, 0) is 9.53 Å². The molecule has 0 N–H and O–H groups in total. The fourth-order valence-corrected chi connectivity index (χ4v) is 1.84. The van der Waals surface area contributed by atoms with Crippen molar-refractivity contribution in [3.8, 4) is 0 Å². The summed E-state index contributed by atoms with van der Waals surface area (Å²) < 4.78 is 5.83. The number of carbonyl (C=O) groups excluding carboxylic acids is 1. The summed E-state index contributed by atoms with van der Waals surface area (Å²) in [6, 6.07) is 9.49. The second-order valence-corrected chi connectivity index (χ2v) is 6.33. The maximum absolute atomic E-state index is 12.1. The van der Waals surface area contributed by atoms with Crippen LogP contribution < -0.4 is 0 Å². The van der Waals surface area contributed by atoms with Crippen LogP contribution in [0.3, 0.4) is 0 Å². The van der Waals surface area contributed by atoms with E-state index in [-0.39, 0.29) is 12.4 Å². The number of allylic oxidation sites excluding steroid dienone is 2. The molecule has 4 nitrogen and oxygen atoms in total. The predicted molar refractivity (Wildman–Crippen MR) is 87.0 cm³/mol. The molecule has 1 aromatic carbocycles. The number of rotatable bonds is 5. The molecular weight excluding hydrogens is 276 g/mol. The Labute approximate surface area is 131 Å². The van der Waals surface area contributed by atoms with Gasteiger partial charge in [0.25, 0.3) is 0 Å². The van der Waals surface area contributed by atoms with E-state index in [0.717, 1.165) is 5.69 Å². The molecule has 1 aromatic rings. The number of ether oxygens (including phenoxy) is 1. The summed E-state index contributed by atoms with van der Waals surface area (Å²) in [4.78, 5) is 12.1. The van der Waals surface area contributed by atoms with Crippen molar-refractivity contribution in [1.82, 2.24) is 0 Å². The van der Waals surface area contributed by atoms with Crippen molar-refractivity contribution in [3.05, 3.63) is 54.6 Å². The number of benzene rings is 1. The van der Waals surface area contributed by atoms with Crippen molar-refractivity contribution in [3.63, 3.8) is 0 Å². The van der Waals surface area contributed by atoms with Crippen LogP contribution in [0.2, 0.25) is 0 Å². The Morgan fingerprint density at radius 1 is 1.23 bits per heavy atom. The average Bonchev–Trinajstić information content (AvgIpc) is 2.52. The molecule has 22 heavy (non-hydrogen) atoms. The first-order valence-electron chi connectivity index (χ1n) is 7.41. The summed E-state index contributed by atoms with van der Waals surface area (Å²) in [5.41, 5.74) is -0.562. The minimum Gasteiger partial charge on any atom is -0.340 e. The highest BCUT2D eigenvalue weighted by Gasteiger charge is 2.31. The number of hydrogen-bond acceptors (Lipinski definition) is 4. The van der Waals surface area contributed by atoms with Crippen LogP contribution in [0.1, 0.15) is 27.2 Å². The molecule has 1 unspecified atom stereocenters. The lowest BCUT2D eigenvalue weighted by Crippen LogP contribution is -2.34. The normalized spacial score (nSPS) is 21.4. The first kappa shape index (κ1) is 16.3. The molecule has 0 spiro atoms. The van der Waals surface area contributed by atoms with E-state index >= 15 is 0 Å². The summed E-state index contributed by atoms with van der Waals surface area (Å²) in [6.07, 6.45) is 8.18. The van der Waals surface area contributed by atoms with Gasteiger partial charge in [0.05, 0.1) is 5.69 Å². The Morgan fingerprint density at radius 2 is 1.95 bits per heavy atom. The van der Waals surface area contributed by atoms with Crippen molar-refractivity contribution in [2.45, 2.75) is 32.9 Å². The SMILES string of the molecule is CC(C)(C)C(=O)COC1(N=Nc2ccccc2)C=CC=CC1.